The fraction of sp³-hybridized carbons (Fsp3) is 0. The van der Waals surface area contributed by atoms with Gasteiger partial charge in [-0.25, -0.2) is 0 Å². The number of nitrogens with two attached hydrogens (primary N) is 1. The van der Waals surface area contributed by atoms with Gasteiger partial charge in [-0.2, -0.15) is 0 Å². The molecule has 0 fully saturated rings. The Kier molecular flexibility index (Phi) is 3.97. The fourth-order valence-electron chi connectivity index (χ4n) is 1.61. The van der Waals surface area contributed by atoms with Crippen molar-refractivity contribution in [3.8, 4) is 0 Å². The molecule has 0 spiro atoms. The molecule has 0 radical (unpaired) electrons. The molecule has 2 amide bonds. The van der Waals surface area contributed by atoms with Crippen LogP contribution in [0.3, 0.4) is 0 Å². The van der Waals surface area contributed by atoms with Gasteiger partial charge in [-0.3, -0.25) is 9.59 Å². The number of hydrogen-bond donors (Lipinski definition) is 2. The zero-order valence-corrected chi connectivity index (χ0v) is 11.5. The first-order valence-corrected chi connectivity index (χ1v) is 6.33. The maximum absolute atomic E-state index is 12.0. The molecule has 3 N–H and O–H groups in total. The van der Waals surface area contributed by atoms with Crippen molar-refractivity contribution >= 4 is 33.4 Å². The molecule has 96 valence electrons. The molecular formula is C14H11BrN2O2. The van der Waals surface area contributed by atoms with Crippen LogP contribution in [0.15, 0.2) is 53.0 Å². The van der Waals surface area contributed by atoms with Crippen LogP contribution in [-0.4, -0.2) is 11.8 Å². The van der Waals surface area contributed by atoms with E-state index in [2.05, 4.69) is 21.2 Å². The van der Waals surface area contributed by atoms with Crippen LogP contribution in [-0.2, 0) is 0 Å². The number of anilines is 1. The predicted molar refractivity (Wildman–Crippen MR) is 77.1 cm³/mol. The zero-order valence-electron chi connectivity index (χ0n) is 9.89. The lowest BCUT2D eigenvalue weighted by Crippen LogP contribution is -2.18. The maximum Gasteiger partial charge on any atom is 0.255 e. The van der Waals surface area contributed by atoms with Gasteiger partial charge in [0.1, 0.15) is 0 Å². The van der Waals surface area contributed by atoms with E-state index in [1.54, 1.807) is 42.5 Å². The normalized spacial score (nSPS) is 9.95. The molecule has 0 heterocycles. The third-order valence-electron chi connectivity index (χ3n) is 2.53. The van der Waals surface area contributed by atoms with Crippen LogP contribution in [0, 0.1) is 0 Å². The van der Waals surface area contributed by atoms with Gasteiger partial charge >= 0.3 is 0 Å². The molecule has 4 nitrogen and oxygen atoms in total. The largest absolute Gasteiger partial charge is 0.366 e. The molecule has 5 heteroatoms. The number of hydrogen-bond acceptors (Lipinski definition) is 2. The topological polar surface area (TPSA) is 72.2 Å². The summed E-state index contributed by atoms with van der Waals surface area (Å²) in [5.74, 6) is -0.880. The molecule has 19 heavy (non-hydrogen) atoms. The summed E-state index contributed by atoms with van der Waals surface area (Å²) in [6.07, 6.45) is 0. The highest BCUT2D eigenvalue weighted by Gasteiger charge is 2.12. The van der Waals surface area contributed by atoms with E-state index in [1.165, 1.54) is 0 Å². The van der Waals surface area contributed by atoms with Gasteiger partial charge in [0.05, 0.1) is 11.3 Å². The van der Waals surface area contributed by atoms with Crippen molar-refractivity contribution in [3.05, 3.63) is 64.1 Å². The van der Waals surface area contributed by atoms with E-state index in [1.807, 2.05) is 6.07 Å². The number of amides is 2. The van der Waals surface area contributed by atoms with Crippen LogP contribution in [0.1, 0.15) is 20.7 Å². The second-order valence-corrected chi connectivity index (χ2v) is 4.79. The van der Waals surface area contributed by atoms with E-state index in [4.69, 9.17) is 5.73 Å². The fourth-order valence-corrected chi connectivity index (χ4v) is 1.97. The molecule has 0 saturated carbocycles. The number of carbonyl (C=O) groups is 2. The zero-order chi connectivity index (χ0) is 13.8. The Hall–Kier alpha value is -2.14. The maximum atomic E-state index is 12.0. The highest BCUT2D eigenvalue weighted by molar-refractivity contribution is 9.10. The molecule has 0 atom stereocenters. The van der Waals surface area contributed by atoms with E-state index in [-0.39, 0.29) is 11.5 Å². The van der Waals surface area contributed by atoms with Crippen LogP contribution >= 0.6 is 15.9 Å². The van der Waals surface area contributed by atoms with Gasteiger partial charge in [0.25, 0.3) is 11.8 Å². The van der Waals surface area contributed by atoms with Crippen molar-refractivity contribution < 1.29 is 9.59 Å². The third-order valence-corrected chi connectivity index (χ3v) is 3.02. The lowest BCUT2D eigenvalue weighted by molar-refractivity contribution is 0.100. The first-order valence-electron chi connectivity index (χ1n) is 5.53. The molecule has 0 aromatic heterocycles. The molecule has 2 aromatic rings. The summed E-state index contributed by atoms with van der Waals surface area (Å²) in [5.41, 5.74) is 6.46. The average Bonchev–Trinajstić information content (AvgIpc) is 2.41. The molecule has 0 aliphatic rings. The van der Waals surface area contributed by atoms with Gasteiger partial charge in [-0.05, 0) is 30.3 Å². The van der Waals surface area contributed by atoms with Crippen LogP contribution in [0.4, 0.5) is 5.69 Å². The summed E-state index contributed by atoms with van der Waals surface area (Å²) in [7, 11) is 0. The van der Waals surface area contributed by atoms with Gasteiger partial charge in [0.15, 0.2) is 0 Å². The lowest BCUT2D eigenvalue weighted by Gasteiger charge is -2.09. The van der Waals surface area contributed by atoms with Crippen molar-refractivity contribution in [1.29, 1.82) is 0 Å². The Morgan fingerprint density at radius 1 is 1.05 bits per heavy atom. The van der Waals surface area contributed by atoms with Crippen molar-refractivity contribution in [1.82, 2.24) is 0 Å². The van der Waals surface area contributed by atoms with E-state index < -0.39 is 5.91 Å². The molecule has 2 aromatic carbocycles. The number of primary amides is 1. The third kappa shape index (κ3) is 3.20. The Balaban J connectivity index is 2.29. The Morgan fingerprint density at radius 3 is 2.37 bits per heavy atom. The standard InChI is InChI=1S/C14H11BrN2O2/c15-10-6-7-12(11(8-10)13(16)18)17-14(19)9-4-2-1-3-5-9/h1-8H,(H2,16,18)(H,17,19). The van der Waals surface area contributed by atoms with Gasteiger partial charge in [0.2, 0.25) is 0 Å². The summed E-state index contributed by atoms with van der Waals surface area (Å²) in [6, 6.07) is 13.7. The van der Waals surface area contributed by atoms with Gasteiger partial charge in [0, 0.05) is 10.0 Å². The second-order valence-electron chi connectivity index (χ2n) is 3.87. The first kappa shape index (κ1) is 13.3. The Morgan fingerprint density at radius 2 is 1.74 bits per heavy atom. The molecule has 2 rings (SSSR count). The van der Waals surface area contributed by atoms with Crippen molar-refractivity contribution in [2.45, 2.75) is 0 Å². The minimum atomic E-state index is -0.593. The average molecular weight is 319 g/mol. The summed E-state index contributed by atoms with van der Waals surface area (Å²) in [4.78, 5) is 23.3. The van der Waals surface area contributed by atoms with Crippen molar-refractivity contribution in [2.24, 2.45) is 5.73 Å². The Labute approximate surface area is 118 Å². The van der Waals surface area contributed by atoms with Crippen LogP contribution < -0.4 is 11.1 Å². The van der Waals surface area contributed by atoms with E-state index >= 15 is 0 Å². The van der Waals surface area contributed by atoms with Crippen LogP contribution in [0.25, 0.3) is 0 Å². The lowest BCUT2D eigenvalue weighted by atomic mass is 10.1. The Bertz CT molecular complexity index is 627. The highest BCUT2D eigenvalue weighted by Crippen LogP contribution is 2.21. The van der Waals surface area contributed by atoms with Crippen molar-refractivity contribution in [3.63, 3.8) is 0 Å². The molecule has 0 saturated heterocycles. The number of benzene rings is 2. The van der Waals surface area contributed by atoms with Gasteiger partial charge in [-0.15, -0.1) is 0 Å². The van der Waals surface area contributed by atoms with E-state index in [0.717, 1.165) is 4.47 Å². The summed E-state index contributed by atoms with van der Waals surface area (Å²) in [5, 5.41) is 2.67. The monoisotopic (exact) mass is 318 g/mol. The highest BCUT2D eigenvalue weighted by atomic mass is 79.9. The summed E-state index contributed by atoms with van der Waals surface area (Å²) < 4.78 is 0.721. The van der Waals surface area contributed by atoms with E-state index in [0.29, 0.717) is 11.3 Å². The molecule has 0 bridgehead atoms. The van der Waals surface area contributed by atoms with Crippen LogP contribution in [0.2, 0.25) is 0 Å². The number of carbonyl (C=O) groups excluding carboxylic acids is 2. The minimum absolute atomic E-state index is 0.263. The minimum Gasteiger partial charge on any atom is -0.366 e. The SMILES string of the molecule is NC(=O)c1cc(Br)ccc1NC(=O)c1ccccc1. The smallest absolute Gasteiger partial charge is 0.255 e. The summed E-state index contributed by atoms with van der Waals surface area (Å²) in [6.45, 7) is 0. The van der Waals surface area contributed by atoms with Crippen molar-refractivity contribution in [2.75, 3.05) is 5.32 Å². The number of rotatable bonds is 3. The molecule has 0 aliphatic carbocycles. The van der Waals surface area contributed by atoms with Gasteiger partial charge < -0.3 is 11.1 Å². The molecule has 0 unspecified atom stereocenters. The second kappa shape index (κ2) is 5.67. The number of nitrogens with one attached hydrogen (secondary N) is 1. The molecule has 0 aliphatic heterocycles. The quantitative estimate of drug-likeness (QED) is 0.913. The summed E-state index contributed by atoms with van der Waals surface area (Å²) >= 11 is 3.26. The van der Waals surface area contributed by atoms with E-state index in [9.17, 15) is 9.59 Å². The predicted octanol–water partition coefficient (Wildman–Crippen LogP) is 2.80. The number of halogens is 1. The first-order chi connectivity index (χ1) is 9.08. The van der Waals surface area contributed by atoms with Gasteiger partial charge in [-0.1, -0.05) is 34.1 Å². The van der Waals surface area contributed by atoms with Crippen LogP contribution in [0.5, 0.6) is 0 Å². The molecular weight excluding hydrogens is 308 g/mol.